The van der Waals surface area contributed by atoms with Crippen LogP contribution in [0.4, 0.5) is 21.5 Å². The predicted molar refractivity (Wildman–Crippen MR) is 140 cm³/mol. The highest BCUT2D eigenvalue weighted by Gasteiger charge is 2.29. The zero-order valence-electron chi connectivity index (χ0n) is 20.6. The summed E-state index contributed by atoms with van der Waals surface area (Å²) in [4.78, 5) is 27.0. The molecule has 2 aliphatic heterocycles. The van der Waals surface area contributed by atoms with Crippen molar-refractivity contribution >= 4 is 38.9 Å². The Kier molecular flexibility index (Phi) is 6.94. The minimum atomic E-state index is -4.26. The fourth-order valence-electron chi connectivity index (χ4n) is 4.45. The summed E-state index contributed by atoms with van der Waals surface area (Å²) in [5, 5.41) is 2.73. The van der Waals surface area contributed by atoms with Crippen LogP contribution in [-0.2, 0) is 19.6 Å². The number of carbonyl (C=O) groups excluding carboxylic acids is 2. The van der Waals surface area contributed by atoms with Crippen LogP contribution < -0.4 is 24.0 Å². The highest BCUT2D eigenvalue weighted by atomic mass is 32.2. The van der Waals surface area contributed by atoms with E-state index in [1.54, 1.807) is 23.1 Å². The van der Waals surface area contributed by atoms with Crippen molar-refractivity contribution in [1.29, 1.82) is 0 Å². The molecule has 1 fully saturated rings. The zero-order valence-corrected chi connectivity index (χ0v) is 21.5. The number of anilines is 3. The molecule has 38 heavy (non-hydrogen) atoms. The van der Waals surface area contributed by atoms with E-state index < -0.39 is 28.3 Å². The fraction of sp³-hybridized carbons (Fsp3) is 0.259. The number of amides is 2. The Hall–Kier alpha value is -4.12. The molecule has 11 heteroatoms. The summed E-state index contributed by atoms with van der Waals surface area (Å²) >= 11 is 0. The number of sulfonamides is 1. The van der Waals surface area contributed by atoms with Gasteiger partial charge in [0.1, 0.15) is 25.6 Å². The number of fused-ring (bicyclic) bond motifs is 1. The molecule has 0 saturated carbocycles. The number of hydrogen-bond donors (Lipinski definition) is 1. The molecule has 0 atom stereocenters. The summed E-state index contributed by atoms with van der Waals surface area (Å²) in [6.07, 6.45) is 1.24. The number of carbonyl (C=O) groups is 2. The molecule has 3 aromatic carbocycles. The normalized spacial score (nSPS) is 14.9. The molecule has 3 aromatic rings. The van der Waals surface area contributed by atoms with Crippen molar-refractivity contribution in [2.75, 3.05) is 40.8 Å². The number of nitrogens with zero attached hydrogens (tertiary/aromatic N) is 2. The first-order valence-electron chi connectivity index (χ1n) is 12.1. The topological polar surface area (TPSA) is 105 Å². The first-order chi connectivity index (χ1) is 18.2. The molecule has 2 heterocycles. The molecule has 0 unspecified atom stereocenters. The van der Waals surface area contributed by atoms with Gasteiger partial charge in [0.05, 0.1) is 10.6 Å². The van der Waals surface area contributed by atoms with Crippen molar-refractivity contribution in [3.63, 3.8) is 0 Å². The van der Waals surface area contributed by atoms with Gasteiger partial charge in [-0.25, -0.2) is 12.8 Å². The highest BCUT2D eigenvalue weighted by Crippen LogP contribution is 2.34. The molecular formula is C27H26FN3O6S. The number of ether oxygens (including phenoxy) is 2. The van der Waals surface area contributed by atoms with Crippen LogP contribution in [0.15, 0.2) is 65.6 Å². The lowest BCUT2D eigenvalue weighted by molar-refractivity contribution is -0.117. The van der Waals surface area contributed by atoms with Crippen molar-refractivity contribution in [2.24, 2.45) is 0 Å². The van der Waals surface area contributed by atoms with E-state index in [9.17, 15) is 22.4 Å². The maximum Gasteiger partial charge on any atom is 0.264 e. The second-order valence-corrected chi connectivity index (χ2v) is 10.9. The van der Waals surface area contributed by atoms with Crippen LogP contribution in [0.2, 0.25) is 0 Å². The third-order valence-electron chi connectivity index (χ3n) is 6.36. The third kappa shape index (κ3) is 5.14. The summed E-state index contributed by atoms with van der Waals surface area (Å²) in [7, 11) is -4.26. The van der Waals surface area contributed by atoms with Crippen LogP contribution in [0.25, 0.3) is 0 Å². The lowest BCUT2D eigenvalue weighted by Crippen LogP contribution is -2.38. The number of aryl methyl sites for hydroxylation is 1. The Morgan fingerprint density at radius 3 is 2.47 bits per heavy atom. The van der Waals surface area contributed by atoms with Gasteiger partial charge in [-0.15, -0.1) is 0 Å². The van der Waals surface area contributed by atoms with Crippen molar-refractivity contribution in [2.45, 2.75) is 24.7 Å². The van der Waals surface area contributed by atoms with Crippen LogP contribution in [0.5, 0.6) is 11.5 Å². The van der Waals surface area contributed by atoms with Gasteiger partial charge in [0.2, 0.25) is 11.8 Å². The molecule has 2 amide bonds. The van der Waals surface area contributed by atoms with E-state index in [-0.39, 0.29) is 28.8 Å². The van der Waals surface area contributed by atoms with Gasteiger partial charge >= 0.3 is 0 Å². The SMILES string of the molecule is Cc1ccc(NC(=O)CN(c2ccc(F)cc2)S(=O)(=O)c2ccc3c(c2)OCCO3)cc1N1CCCC1=O. The number of hydrogen-bond acceptors (Lipinski definition) is 6. The Balaban J connectivity index is 1.43. The number of nitrogens with one attached hydrogen (secondary N) is 1. The van der Waals surface area contributed by atoms with Crippen LogP contribution in [0.3, 0.4) is 0 Å². The molecule has 5 rings (SSSR count). The Bertz CT molecular complexity index is 1490. The average molecular weight is 540 g/mol. The number of rotatable bonds is 7. The van der Waals surface area contributed by atoms with Gasteiger partial charge in [0.25, 0.3) is 10.0 Å². The van der Waals surface area contributed by atoms with Crippen molar-refractivity contribution in [3.8, 4) is 11.5 Å². The summed E-state index contributed by atoms with van der Waals surface area (Å²) in [6, 6.07) is 14.2. The van der Waals surface area contributed by atoms with Crippen LogP contribution in [-0.4, -0.2) is 46.5 Å². The van der Waals surface area contributed by atoms with E-state index in [0.29, 0.717) is 36.7 Å². The molecule has 1 N–H and O–H groups in total. The van der Waals surface area contributed by atoms with E-state index in [1.807, 2.05) is 6.92 Å². The molecule has 0 aliphatic carbocycles. The summed E-state index contributed by atoms with van der Waals surface area (Å²) in [6.45, 7) is 2.54. The van der Waals surface area contributed by atoms with Crippen LogP contribution in [0, 0.1) is 12.7 Å². The smallest absolute Gasteiger partial charge is 0.264 e. The minimum Gasteiger partial charge on any atom is -0.486 e. The van der Waals surface area contributed by atoms with Gasteiger partial charge in [0.15, 0.2) is 11.5 Å². The van der Waals surface area contributed by atoms with Crippen molar-refractivity contribution < 1.29 is 31.9 Å². The molecule has 198 valence electrons. The van der Waals surface area contributed by atoms with Crippen molar-refractivity contribution in [3.05, 3.63) is 72.0 Å². The fourth-order valence-corrected chi connectivity index (χ4v) is 5.88. The standard InChI is InChI=1S/C27H26FN3O6S/c1-18-4-7-20(15-23(18)30-12-2-3-27(30)33)29-26(32)17-31(21-8-5-19(28)6-9-21)38(34,35)22-10-11-24-25(16-22)37-14-13-36-24/h4-11,15-16H,2-3,12-14,17H2,1H3,(H,29,32). The second kappa shape index (κ2) is 10.3. The number of benzene rings is 3. The van der Waals surface area contributed by atoms with Gasteiger partial charge in [-0.2, -0.15) is 0 Å². The first-order valence-corrected chi connectivity index (χ1v) is 13.6. The Morgan fingerprint density at radius 1 is 1.03 bits per heavy atom. The third-order valence-corrected chi connectivity index (χ3v) is 8.13. The highest BCUT2D eigenvalue weighted by molar-refractivity contribution is 7.92. The lowest BCUT2D eigenvalue weighted by atomic mass is 10.1. The van der Waals surface area contributed by atoms with Gasteiger partial charge < -0.3 is 19.7 Å². The predicted octanol–water partition coefficient (Wildman–Crippen LogP) is 3.87. The van der Waals surface area contributed by atoms with E-state index >= 15 is 0 Å². The quantitative estimate of drug-likeness (QED) is 0.489. The summed E-state index contributed by atoms with van der Waals surface area (Å²) < 4.78 is 53.0. The summed E-state index contributed by atoms with van der Waals surface area (Å²) in [5.74, 6) is -0.432. The zero-order chi connectivity index (χ0) is 26.9. The first kappa shape index (κ1) is 25.5. The maximum absolute atomic E-state index is 13.7. The second-order valence-electron chi connectivity index (χ2n) is 8.99. The largest absolute Gasteiger partial charge is 0.486 e. The van der Waals surface area contributed by atoms with E-state index in [4.69, 9.17) is 9.47 Å². The van der Waals surface area contributed by atoms with Crippen LogP contribution >= 0.6 is 0 Å². The Morgan fingerprint density at radius 2 is 1.76 bits per heavy atom. The maximum atomic E-state index is 13.7. The summed E-state index contributed by atoms with van der Waals surface area (Å²) in [5.41, 5.74) is 2.12. The molecule has 0 aromatic heterocycles. The Labute approximate surface area is 219 Å². The molecule has 0 radical (unpaired) electrons. The molecule has 0 bridgehead atoms. The number of halogens is 1. The molecule has 1 saturated heterocycles. The molecule has 0 spiro atoms. The van der Waals surface area contributed by atoms with Crippen LogP contribution in [0.1, 0.15) is 18.4 Å². The van der Waals surface area contributed by atoms with Gasteiger partial charge in [-0.1, -0.05) is 6.07 Å². The lowest BCUT2D eigenvalue weighted by Gasteiger charge is -2.25. The molecular weight excluding hydrogens is 513 g/mol. The molecule has 9 nitrogen and oxygen atoms in total. The molecule has 2 aliphatic rings. The van der Waals surface area contributed by atoms with Crippen molar-refractivity contribution in [1.82, 2.24) is 0 Å². The van der Waals surface area contributed by atoms with Gasteiger partial charge in [0, 0.05) is 30.4 Å². The van der Waals surface area contributed by atoms with Gasteiger partial charge in [-0.05, 0) is 67.4 Å². The van der Waals surface area contributed by atoms with Gasteiger partial charge in [-0.3, -0.25) is 13.9 Å². The van der Waals surface area contributed by atoms with E-state index in [0.717, 1.165) is 28.4 Å². The van der Waals surface area contributed by atoms with E-state index in [1.165, 1.54) is 30.3 Å². The monoisotopic (exact) mass is 539 g/mol. The van der Waals surface area contributed by atoms with E-state index in [2.05, 4.69) is 5.32 Å². The minimum absolute atomic E-state index is 0.0181. The average Bonchev–Trinajstić information content (AvgIpc) is 3.34.